The molecule has 2 aromatic rings. The topological polar surface area (TPSA) is 56.0 Å². The highest BCUT2D eigenvalue weighted by Gasteiger charge is 2.08. The number of nitrogens with zero attached hydrogens (tertiary/aromatic N) is 1. The third-order valence-electron chi connectivity index (χ3n) is 2.15. The Morgan fingerprint density at radius 2 is 2.20 bits per heavy atom. The largest absolute Gasteiger partial charge is 0.397 e. The number of hydrogen-bond acceptors (Lipinski definition) is 3. The first-order valence-corrected chi connectivity index (χ1v) is 5.82. The molecule has 1 atom stereocenters. The van der Waals surface area contributed by atoms with E-state index >= 15 is 0 Å². The molecule has 2 rings (SSSR count). The second-order valence-corrected chi connectivity index (χ2v) is 4.50. The minimum Gasteiger partial charge on any atom is -0.397 e. The molecule has 1 aromatic carbocycles. The molecule has 78 valence electrons. The number of pyridine rings is 1. The van der Waals surface area contributed by atoms with E-state index in [-0.39, 0.29) is 5.82 Å². The zero-order chi connectivity index (χ0) is 11.0. The van der Waals surface area contributed by atoms with Crippen molar-refractivity contribution in [2.45, 2.75) is 4.90 Å². The lowest BCUT2D eigenvalue weighted by Gasteiger charge is -2.05. The third-order valence-corrected chi connectivity index (χ3v) is 3.09. The van der Waals surface area contributed by atoms with Crippen molar-refractivity contribution >= 4 is 27.4 Å². The molecule has 0 fully saturated rings. The Labute approximate surface area is 88.6 Å². The maximum absolute atomic E-state index is 12.9. The van der Waals surface area contributed by atoms with Crippen LogP contribution in [0.1, 0.15) is 0 Å². The fraction of sp³-hybridized carbons (Fsp3) is 0.100. The van der Waals surface area contributed by atoms with Gasteiger partial charge in [-0.15, -0.1) is 0 Å². The van der Waals surface area contributed by atoms with Gasteiger partial charge >= 0.3 is 0 Å². The second kappa shape index (κ2) is 3.58. The van der Waals surface area contributed by atoms with Crippen molar-refractivity contribution in [3.63, 3.8) is 0 Å². The van der Waals surface area contributed by atoms with E-state index in [2.05, 4.69) is 4.98 Å². The molecule has 0 aliphatic rings. The Morgan fingerprint density at radius 1 is 1.47 bits per heavy atom. The summed E-state index contributed by atoms with van der Waals surface area (Å²) in [6.45, 7) is 0. The van der Waals surface area contributed by atoms with Gasteiger partial charge < -0.3 is 5.73 Å². The lowest BCUT2D eigenvalue weighted by atomic mass is 10.2. The number of aromatic nitrogens is 1. The summed E-state index contributed by atoms with van der Waals surface area (Å²) >= 11 is 0. The van der Waals surface area contributed by atoms with Crippen LogP contribution in [0.3, 0.4) is 0 Å². The van der Waals surface area contributed by atoms with Crippen LogP contribution in [0.4, 0.5) is 10.1 Å². The maximum atomic E-state index is 12.9. The van der Waals surface area contributed by atoms with Crippen LogP contribution >= 0.6 is 0 Å². The van der Waals surface area contributed by atoms with Gasteiger partial charge in [-0.05, 0) is 12.1 Å². The van der Waals surface area contributed by atoms with Gasteiger partial charge in [0.2, 0.25) is 0 Å². The Hall–Kier alpha value is -1.49. The fourth-order valence-corrected chi connectivity index (χ4v) is 2.02. The Bertz CT molecular complexity index is 556. The fourth-order valence-electron chi connectivity index (χ4n) is 1.40. The number of nitrogen functional groups attached to an aromatic ring is 1. The number of nitrogens with two attached hydrogens (primary N) is 1. The van der Waals surface area contributed by atoms with Gasteiger partial charge in [-0.3, -0.25) is 9.19 Å². The van der Waals surface area contributed by atoms with Gasteiger partial charge in [0.15, 0.2) is 0 Å². The van der Waals surface area contributed by atoms with Gasteiger partial charge in [0.25, 0.3) is 0 Å². The first kappa shape index (κ1) is 10.0. The summed E-state index contributed by atoms with van der Waals surface area (Å²) in [4.78, 5) is 4.49. The first-order valence-electron chi connectivity index (χ1n) is 4.27. The number of rotatable bonds is 1. The summed E-state index contributed by atoms with van der Waals surface area (Å²) in [5.74, 6) is -0.361. The summed E-state index contributed by atoms with van der Waals surface area (Å²) in [6, 6.07) is 4.15. The lowest BCUT2D eigenvalue weighted by Crippen LogP contribution is -1.98. The van der Waals surface area contributed by atoms with Crippen LogP contribution in [0.25, 0.3) is 10.9 Å². The van der Waals surface area contributed by atoms with E-state index in [1.165, 1.54) is 24.6 Å². The molecular formula is C10H9FN2OS. The van der Waals surface area contributed by atoms with Gasteiger partial charge in [0.05, 0.1) is 26.9 Å². The van der Waals surface area contributed by atoms with Crippen LogP contribution in [0.15, 0.2) is 29.3 Å². The highest BCUT2D eigenvalue weighted by Crippen LogP contribution is 2.25. The minimum atomic E-state index is -1.18. The number of fused-ring (bicyclic) bond motifs is 1. The molecule has 0 amide bonds. The standard InChI is InChI=1S/C10H9FN2OS/c1-15(14)9-5-13-8-4-6(11)2-3-7(8)10(9)12/h2-5H,1H3,(H2,12,13)/t15-/m0/s1. The molecule has 0 saturated heterocycles. The van der Waals surface area contributed by atoms with Crippen molar-refractivity contribution in [2.24, 2.45) is 0 Å². The van der Waals surface area contributed by atoms with Gasteiger partial charge in [0, 0.05) is 23.9 Å². The lowest BCUT2D eigenvalue weighted by molar-refractivity contribution is 0.629. The molecule has 0 aliphatic heterocycles. The molecule has 1 heterocycles. The summed E-state index contributed by atoms with van der Waals surface area (Å²) in [6.07, 6.45) is 2.95. The molecule has 3 nitrogen and oxygen atoms in total. The zero-order valence-electron chi connectivity index (χ0n) is 8.03. The van der Waals surface area contributed by atoms with Crippen LogP contribution in [0, 0.1) is 5.82 Å². The molecule has 0 radical (unpaired) electrons. The van der Waals surface area contributed by atoms with E-state index in [0.717, 1.165) is 0 Å². The molecule has 5 heteroatoms. The van der Waals surface area contributed by atoms with Crippen LogP contribution in [-0.4, -0.2) is 15.4 Å². The smallest absolute Gasteiger partial charge is 0.125 e. The maximum Gasteiger partial charge on any atom is 0.125 e. The van der Waals surface area contributed by atoms with Crippen LogP contribution in [-0.2, 0) is 10.8 Å². The number of hydrogen-bond donors (Lipinski definition) is 1. The van der Waals surface area contributed by atoms with Gasteiger partial charge in [-0.25, -0.2) is 4.39 Å². The average Bonchev–Trinajstić information content (AvgIpc) is 2.17. The normalized spacial score (nSPS) is 12.9. The van der Waals surface area contributed by atoms with E-state index in [4.69, 9.17) is 5.73 Å². The first-order chi connectivity index (χ1) is 7.09. The molecule has 0 bridgehead atoms. The van der Waals surface area contributed by atoms with Gasteiger partial charge in [-0.1, -0.05) is 0 Å². The summed E-state index contributed by atoms with van der Waals surface area (Å²) in [7, 11) is -1.18. The average molecular weight is 224 g/mol. The van der Waals surface area contributed by atoms with E-state index in [9.17, 15) is 8.60 Å². The molecule has 0 aliphatic carbocycles. The van der Waals surface area contributed by atoms with Gasteiger partial charge in [0.1, 0.15) is 5.82 Å². The number of benzene rings is 1. The Balaban J connectivity index is 2.80. The van der Waals surface area contributed by atoms with Crippen molar-refractivity contribution in [1.29, 1.82) is 0 Å². The predicted molar refractivity (Wildman–Crippen MR) is 58.4 cm³/mol. The van der Waals surface area contributed by atoms with Crippen molar-refractivity contribution < 1.29 is 8.60 Å². The quantitative estimate of drug-likeness (QED) is 0.802. The molecule has 2 N–H and O–H groups in total. The van der Waals surface area contributed by atoms with E-state index < -0.39 is 10.8 Å². The number of halogens is 1. The Morgan fingerprint density at radius 3 is 2.87 bits per heavy atom. The van der Waals surface area contributed by atoms with Crippen LogP contribution in [0.5, 0.6) is 0 Å². The molecule has 15 heavy (non-hydrogen) atoms. The van der Waals surface area contributed by atoms with Crippen molar-refractivity contribution in [3.8, 4) is 0 Å². The monoisotopic (exact) mass is 224 g/mol. The summed E-state index contributed by atoms with van der Waals surface area (Å²) < 4.78 is 24.2. The third kappa shape index (κ3) is 1.70. The SMILES string of the molecule is C[S@](=O)c1cnc2cc(F)ccc2c1N. The molecule has 0 unspecified atom stereocenters. The zero-order valence-corrected chi connectivity index (χ0v) is 8.84. The number of anilines is 1. The highest BCUT2D eigenvalue weighted by atomic mass is 32.2. The summed E-state index contributed by atoms with van der Waals surface area (Å²) in [5.41, 5.74) is 6.69. The van der Waals surface area contributed by atoms with Crippen LogP contribution < -0.4 is 5.73 Å². The molecular weight excluding hydrogens is 215 g/mol. The minimum absolute atomic E-state index is 0.361. The van der Waals surface area contributed by atoms with E-state index in [1.54, 1.807) is 6.07 Å². The molecule has 0 saturated carbocycles. The van der Waals surface area contributed by atoms with E-state index in [0.29, 0.717) is 21.5 Å². The molecule has 0 spiro atoms. The van der Waals surface area contributed by atoms with E-state index in [1.807, 2.05) is 0 Å². The van der Waals surface area contributed by atoms with Gasteiger partial charge in [-0.2, -0.15) is 0 Å². The van der Waals surface area contributed by atoms with Crippen molar-refractivity contribution in [1.82, 2.24) is 4.98 Å². The Kier molecular flexibility index (Phi) is 2.40. The summed E-state index contributed by atoms with van der Waals surface area (Å²) in [5, 5.41) is 0.629. The second-order valence-electron chi connectivity index (χ2n) is 3.15. The molecule has 1 aromatic heterocycles. The predicted octanol–water partition coefficient (Wildman–Crippen LogP) is 1.69. The van der Waals surface area contributed by atoms with Crippen molar-refractivity contribution in [3.05, 3.63) is 30.2 Å². The van der Waals surface area contributed by atoms with Crippen molar-refractivity contribution in [2.75, 3.05) is 12.0 Å². The highest BCUT2D eigenvalue weighted by molar-refractivity contribution is 7.84. The van der Waals surface area contributed by atoms with Crippen LogP contribution in [0.2, 0.25) is 0 Å².